The van der Waals surface area contributed by atoms with Crippen molar-refractivity contribution >= 4 is 17.8 Å². The van der Waals surface area contributed by atoms with E-state index < -0.39 is 17.8 Å². The van der Waals surface area contributed by atoms with Crippen LogP contribution in [0.1, 0.15) is 31.8 Å². The van der Waals surface area contributed by atoms with Crippen molar-refractivity contribution in [1.29, 1.82) is 5.26 Å². The summed E-state index contributed by atoms with van der Waals surface area (Å²) in [6, 6.07) is 10.7. The normalized spacial score (nSPS) is 12.3. The van der Waals surface area contributed by atoms with Crippen LogP contribution in [0, 0.1) is 17.1 Å². The summed E-state index contributed by atoms with van der Waals surface area (Å²) in [6.07, 6.45) is 0. The fraction of sp³-hybridized carbons (Fsp3) is 0.111. The molecule has 0 spiro atoms. The van der Waals surface area contributed by atoms with Crippen LogP contribution < -0.4 is 10.6 Å². The zero-order chi connectivity index (χ0) is 18.7. The van der Waals surface area contributed by atoms with Gasteiger partial charge in [0.2, 0.25) is 0 Å². The average Bonchev–Trinajstić information content (AvgIpc) is 2.95. The highest BCUT2D eigenvalue weighted by atomic mass is 19.1. The van der Waals surface area contributed by atoms with Gasteiger partial charge in [-0.15, -0.1) is 0 Å². The highest BCUT2D eigenvalue weighted by molar-refractivity contribution is 6.04. The summed E-state index contributed by atoms with van der Waals surface area (Å²) in [6.45, 7) is 0.161. The number of hydrogen-bond acceptors (Lipinski definition) is 4. The molecule has 2 N–H and O–H groups in total. The molecule has 0 radical (unpaired) electrons. The Bertz CT molecular complexity index is 934. The number of fused-ring (bicyclic) bond motifs is 1. The van der Waals surface area contributed by atoms with Gasteiger partial charge < -0.3 is 10.2 Å². The van der Waals surface area contributed by atoms with Crippen LogP contribution in [0.5, 0.6) is 0 Å². The second-order valence-corrected chi connectivity index (χ2v) is 5.61. The quantitative estimate of drug-likeness (QED) is 0.878. The predicted octanol–water partition coefficient (Wildman–Crippen LogP) is 1.75. The minimum absolute atomic E-state index is 0.0993. The van der Waals surface area contributed by atoms with Crippen molar-refractivity contribution in [2.75, 3.05) is 6.67 Å². The van der Waals surface area contributed by atoms with Crippen molar-refractivity contribution in [3.8, 4) is 6.07 Å². The maximum Gasteiger partial charge on any atom is 0.323 e. The molecule has 8 heteroatoms. The van der Waals surface area contributed by atoms with Gasteiger partial charge >= 0.3 is 6.03 Å². The molecule has 26 heavy (non-hydrogen) atoms. The highest BCUT2D eigenvalue weighted by Gasteiger charge is 2.27. The maximum absolute atomic E-state index is 12.8. The van der Waals surface area contributed by atoms with E-state index in [9.17, 15) is 18.8 Å². The average molecular weight is 352 g/mol. The van der Waals surface area contributed by atoms with E-state index >= 15 is 0 Å². The van der Waals surface area contributed by atoms with Crippen molar-refractivity contribution in [2.45, 2.75) is 6.54 Å². The molecule has 2 aromatic rings. The third-order valence-electron chi connectivity index (χ3n) is 3.88. The Morgan fingerprint density at radius 2 is 1.92 bits per heavy atom. The molecule has 1 aliphatic rings. The third-order valence-corrected chi connectivity index (χ3v) is 3.88. The summed E-state index contributed by atoms with van der Waals surface area (Å²) in [4.78, 5) is 37.3. The van der Waals surface area contributed by atoms with Crippen LogP contribution >= 0.6 is 0 Å². The number of nitrogens with zero attached hydrogens (tertiary/aromatic N) is 2. The summed E-state index contributed by atoms with van der Waals surface area (Å²) in [5.74, 6) is -1.44. The number of nitrogens with one attached hydrogen (secondary N) is 2. The first-order valence-electron chi connectivity index (χ1n) is 7.65. The number of rotatable bonds is 3. The Balaban J connectivity index is 1.55. The van der Waals surface area contributed by atoms with Crippen molar-refractivity contribution in [3.63, 3.8) is 0 Å². The number of imide groups is 1. The predicted molar refractivity (Wildman–Crippen MR) is 88.3 cm³/mol. The molecule has 0 bridgehead atoms. The van der Waals surface area contributed by atoms with E-state index in [4.69, 9.17) is 5.26 Å². The first-order chi connectivity index (χ1) is 12.5. The monoisotopic (exact) mass is 352 g/mol. The van der Waals surface area contributed by atoms with Gasteiger partial charge in [-0.1, -0.05) is 0 Å². The first-order valence-corrected chi connectivity index (χ1v) is 7.65. The van der Waals surface area contributed by atoms with E-state index in [2.05, 4.69) is 10.6 Å². The largest absolute Gasteiger partial charge is 0.323 e. The van der Waals surface area contributed by atoms with Crippen LogP contribution in [0.25, 0.3) is 0 Å². The van der Waals surface area contributed by atoms with Crippen molar-refractivity contribution in [1.82, 2.24) is 15.5 Å². The highest BCUT2D eigenvalue weighted by Crippen LogP contribution is 2.23. The van der Waals surface area contributed by atoms with E-state index in [1.54, 1.807) is 18.2 Å². The second-order valence-electron chi connectivity index (χ2n) is 5.61. The number of hydrogen-bond donors (Lipinski definition) is 2. The number of nitriles is 1. The molecule has 0 atom stereocenters. The molecule has 3 rings (SSSR count). The van der Waals surface area contributed by atoms with Crippen LogP contribution in [-0.4, -0.2) is 29.4 Å². The third kappa shape index (κ3) is 3.52. The fourth-order valence-corrected chi connectivity index (χ4v) is 2.57. The fourth-order valence-electron chi connectivity index (χ4n) is 2.57. The minimum Gasteiger partial charge on any atom is -0.320 e. The molecule has 0 aliphatic carbocycles. The van der Waals surface area contributed by atoms with E-state index in [-0.39, 0.29) is 24.7 Å². The smallest absolute Gasteiger partial charge is 0.320 e. The van der Waals surface area contributed by atoms with Gasteiger partial charge in [-0.05, 0) is 48.0 Å². The van der Waals surface area contributed by atoms with Crippen LogP contribution in [0.4, 0.5) is 9.18 Å². The SMILES string of the molecule is N#Cc1ccc2c(c1)CN(CNC(=O)NC(=O)c1ccc(F)cc1)C2=O. The van der Waals surface area contributed by atoms with E-state index in [0.717, 1.165) is 12.1 Å². The summed E-state index contributed by atoms with van der Waals surface area (Å²) in [7, 11) is 0. The van der Waals surface area contributed by atoms with Gasteiger partial charge in [0.05, 0.1) is 18.3 Å². The molecular formula is C18H13FN4O3. The van der Waals surface area contributed by atoms with Gasteiger partial charge in [0, 0.05) is 17.7 Å². The van der Waals surface area contributed by atoms with Gasteiger partial charge in [-0.25, -0.2) is 9.18 Å². The molecular weight excluding hydrogens is 339 g/mol. The molecule has 7 nitrogen and oxygen atoms in total. The lowest BCUT2D eigenvalue weighted by Crippen LogP contribution is -2.44. The Hall–Kier alpha value is -3.73. The van der Waals surface area contributed by atoms with Gasteiger partial charge in [0.25, 0.3) is 11.8 Å². The molecule has 130 valence electrons. The van der Waals surface area contributed by atoms with Crippen LogP contribution in [-0.2, 0) is 6.54 Å². The number of carbonyl (C=O) groups excluding carboxylic acids is 3. The van der Waals surface area contributed by atoms with E-state index in [1.165, 1.54) is 17.0 Å². The van der Waals surface area contributed by atoms with Crippen molar-refractivity contribution in [3.05, 3.63) is 70.5 Å². The molecule has 0 unspecified atom stereocenters. The number of urea groups is 1. The number of benzene rings is 2. The lowest BCUT2D eigenvalue weighted by molar-refractivity contribution is 0.0770. The zero-order valence-electron chi connectivity index (χ0n) is 13.5. The lowest BCUT2D eigenvalue weighted by Gasteiger charge is -2.16. The Kier molecular flexibility index (Phi) is 4.62. The second kappa shape index (κ2) is 7.03. The van der Waals surface area contributed by atoms with E-state index in [0.29, 0.717) is 16.7 Å². The summed E-state index contributed by atoms with van der Waals surface area (Å²) >= 11 is 0. The molecule has 0 fully saturated rings. The number of amides is 4. The van der Waals surface area contributed by atoms with Gasteiger partial charge in [-0.3, -0.25) is 14.9 Å². The molecule has 1 aliphatic heterocycles. The molecule has 4 amide bonds. The van der Waals surface area contributed by atoms with Crippen LogP contribution in [0.15, 0.2) is 42.5 Å². The molecule has 0 saturated carbocycles. The zero-order valence-corrected chi connectivity index (χ0v) is 13.5. The Labute approximate surface area is 148 Å². The Morgan fingerprint density at radius 3 is 2.62 bits per heavy atom. The summed E-state index contributed by atoms with van der Waals surface area (Å²) in [5, 5.41) is 13.4. The van der Waals surface area contributed by atoms with Gasteiger partial charge in [0.1, 0.15) is 5.82 Å². The topological polar surface area (TPSA) is 102 Å². The number of halogens is 1. The van der Waals surface area contributed by atoms with E-state index in [1.807, 2.05) is 6.07 Å². The summed E-state index contributed by atoms with van der Waals surface area (Å²) < 4.78 is 12.8. The maximum atomic E-state index is 12.8. The lowest BCUT2D eigenvalue weighted by atomic mass is 10.1. The standard InChI is InChI=1S/C18H13FN4O3/c19-14-4-2-12(3-5-14)16(24)22-18(26)21-10-23-9-13-7-11(8-20)1-6-15(13)17(23)25/h1-7H,9-10H2,(H2,21,22,24,26). The number of carbonyl (C=O) groups is 3. The molecule has 0 saturated heterocycles. The molecule has 2 aromatic carbocycles. The van der Waals surface area contributed by atoms with Crippen molar-refractivity contribution in [2.24, 2.45) is 0 Å². The van der Waals surface area contributed by atoms with Crippen molar-refractivity contribution < 1.29 is 18.8 Å². The summed E-state index contributed by atoms with van der Waals surface area (Å²) in [5.41, 5.74) is 1.77. The first kappa shape index (κ1) is 17.1. The van der Waals surface area contributed by atoms with Gasteiger partial charge in [0.15, 0.2) is 0 Å². The Morgan fingerprint density at radius 1 is 1.19 bits per heavy atom. The van der Waals surface area contributed by atoms with Crippen LogP contribution in [0.3, 0.4) is 0 Å². The molecule has 0 aromatic heterocycles. The minimum atomic E-state index is -0.777. The van der Waals surface area contributed by atoms with Gasteiger partial charge in [-0.2, -0.15) is 5.26 Å². The molecule has 1 heterocycles. The van der Waals surface area contributed by atoms with Crippen LogP contribution in [0.2, 0.25) is 0 Å².